The van der Waals surface area contributed by atoms with E-state index in [4.69, 9.17) is 12.2 Å². The van der Waals surface area contributed by atoms with Crippen LogP contribution in [0.2, 0.25) is 0 Å². The molecule has 1 spiro atoms. The first-order valence-corrected chi connectivity index (χ1v) is 13.4. The lowest BCUT2D eigenvalue weighted by atomic mass is 9.87. The lowest BCUT2D eigenvalue weighted by Crippen LogP contribution is -2.75. The van der Waals surface area contributed by atoms with Crippen molar-refractivity contribution in [1.82, 2.24) is 19.7 Å². The zero-order valence-corrected chi connectivity index (χ0v) is 20.7. The Morgan fingerprint density at radius 2 is 1.97 bits per heavy atom. The molecule has 3 aromatic rings. The van der Waals surface area contributed by atoms with Crippen LogP contribution in [0.4, 0.5) is 5.69 Å². The molecular formula is C29H29N4OS+. The Hall–Kier alpha value is -2.67. The standard InChI is InChI=1S/C29H28N4OS/c1-29(26-25-24-22(12-5-15-30-24)33(25,26)28(29)35)32-16-6-11-21(32)27(34)31-23(18-13-14-18)20-10-4-8-17-7-2-3-9-19(17)20/h2-5,7-10,12,15,18,21,23,25-26H,6,11,13-14,16H2,1H3/p+1. The van der Waals surface area contributed by atoms with E-state index in [1.165, 1.54) is 40.6 Å². The van der Waals surface area contributed by atoms with E-state index in [1.54, 1.807) is 0 Å². The van der Waals surface area contributed by atoms with Gasteiger partial charge in [-0.3, -0.25) is 9.69 Å². The summed E-state index contributed by atoms with van der Waals surface area (Å²) in [7, 11) is 0. The Morgan fingerprint density at radius 3 is 2.83 bits per heavy atom. The number of carbonyl (C=O) groups is 1. The van der Waals surface area contributed by atoms with E-state index < -0.39 is 0 Å². The van der Waals surface area contributed by atoms with Crippen molar-refractivity contribution >= 4 is 39.6 Å². The molecule has 4 fully saturated rings. The first-order valence-electron chi connectivity index (χ1n) is 13.0. The number of carbonyl (C=O) groups excluding carboxylic acids is 1. The predicted octanol–water partition coefficient (Wildman–Crippen LogP) is 4.81. The zero-order valence-electron chi connectivity index (χ0n) is 19.9. The Kier molecular flexibility index (Phi) is 3.96. The Bertz CT molecular complexity index is 1430. The van der Waals surface area contributed by atoms with Crippen molar-refractivity contribution in [2.75, 3.05) is 6.54 Å². The minimum Gasteiger partial charge on any atom is -0.348 e. The number of quaternary nitrogens is 1. The highest BCUT2D eigenvalue weighted by molar-refractivity contribution is 7.80. The minimum atomic E-state index is -0.215. The summed E-state index contributed by atoms with van der Waals surface area (Å²) in [5.74, 6) is 0.702. The third-order valence-corrected chi connectivity index (χ3v) is 10.3. The van der Waals surface area contributed by atoms with E-state index in [2.05, 4.69) is 70.7 Å². The normalized spacial score (nSPS) is 35.3. The molecule has 8 rings (SSSR count). The van der Waals surface area contributed by atoms with E-state index >= 15 is 0 Å². The van der Waals surface area contributed by atoms with Gasteiger partial charge in [0.1, 0.15) is 0 Å². The second-order valence-electron chi connectivity index (χ2n) is 11.3. The van der Waals surface area contributed by atoms with E-state index in [-0.39, 0.29) is 23.5 Å². The fourth-order valence-corrected chi connectivity index (χ4v) is 8.47. The van der Waals surface area contributed by atoms with Gasteiger partial charge in [-0.15, -0.1) is 0 Å². The molecule has 1 amide bonds. The number of benzene rings is 2. The molecule has 176 valence electrons. The van der Waals surface area contributed by atoms with Gasteiger partial charge in [-0.1, -0.05) is 42.5 Å². The molecule has 1 N–H and O–H groups in total. The topological polar surface area (TPSA) is 45.2 Å². The van der Waals surface area contributed by atoms with Crippen LogP contribution in [0.1, 0.15) is 55.9 Å². The van der Waals surface area contributed by atoms with Crippen molar-refractivity contribution in [2.24, 2.45) is 5.92 Å². The molecule has 5 aliphatic rings. The zero-order chi connectivity index (χ0) is 23.5. The fourth-order valence-electron chi connectivity index (χ4n) is 7.90. The molecule has 4 aliphatic heterocycles. The largest absolute Gasteiger partial charge is 0.348 e. The second-order valence-corrected chi connectivity index (χ2v) is 11.7. The van der Waals surface area contributed by atoms with Crippen LogP contribution in [0.15, 0.2) is 60.8 Å². The molecule has 35 heavy (non-hydrogen) atoms. The van der Waals surface area contributed by atoms with Crippen molar-refractivity contribution < 1.29 is 4.79 Å². The van der Waals surface area contributed by atoms with Crippen molar-refractivity contribution in [3.63, 3.8) is 0 Å². The Balaban J connectivity index is 1.08. The number of nitrogens with one attached hydrogen (secondary N) is 1. The third kappa shape index (κ3) is 2.38. The quantitative estimate of drug-likeness (QED) is 0.323. The van der Waals surface area contributed by atoms with Crippen LogP contribution in [0.3, 0.4) is 0 Å². The van der Waals surface area contributed by atoms with Crippen LogP contribution in [0.5, 0.6) is 0 Å². The maximum Gasteiger partial charge on any atom is 0.237 e. The molecule has 6 atom stereocenters. The molecule has 0 radical (unpaired) electrons. The maximum absolute atomic E-state index is 13.9. The van der Waals surface area contributed by atoms with Gasteiger partial charge in [-0.2, -0.15) is 0 Å². The van der Waals surface area contributed by atoms with Gasteiger partial charge < -0.3 is 5.32 Å². The van der Waals surface area contributed by atoms with Crippen LogP contribution in [0.25, 0.3) is 10.8 Å². The van der Waals surface area contributed by atoms with Gasteiger partial charge in [0, 0.05) is 18.8 Å². The van der Waals surface area contributed by atoms with Gasteiger partial charge in [-0.05, 0) is 73.1 Å². The lowest BCUT2D eigenvalue weighted by Gasteiger charge is -2.49. The van der Waals surface area contributed by atoms with Gasteiger partial charge in [0.15, 0.2) is 23.0 Å². The molecule has 3 saturated heterocycles. The van der Waals surface area contributed by atoms with Crippen molar-refractivity contribution in [3.8, 4) is 0 Å². The number of amides is 1. The number of nitrogens with zero attached hydrogens (tertiary/aromatic N) is 3. The highest BCUT2D eigenvalue weighted by atomic mass is 32.1. The summed E-state index contributed by atoms with van der Waals surface area (Å²) < 4.78 is 0.848. The molecule has 6 unspecified atom stereocenters. The van der Waals surface area contributed by atoms with Crippen molar-refractivity contribution in [2.45, 2.75) is 62.3 Å². The lowest BCUT2D eigenvalue weighted by molar-refractivity contribution is -0.128. The van der Waals surface area contributed by atoms with E-state index in [1.807, 2.05) is 12.3 Å². The molecule has 6 heteroatoms. The number of thiocarbonyl (C=S) groups is 1. The average molecular weight is 482 g/mol. The first kappa shape index (κ1) is 20.5. The average Bonchev–Trinajstić information content (AvgIpc) is 3.76. The molecule has 5 heterocycles. The summed E-state index contributed by atoms with van der Waals surface area (Å²) in [6, 6.07) is 20.0. The van der Waals surface area contributed by atoms with Gasteiger partial charge in [-0.25, -0.2) is 9.47 Å². The summed E-state index contributed by atoms with van der Waals surface area (Å²) in [5.41, 5.74) is 3.54. The number of hydrogen-bond donors (Lipinski definition) is 1. The number of hydrogen-bond acceptors (Lipinski definition) is 4. The number of aromatic nitrogens is 1. The van der Waals surface area contributed by atoms with Crippen LogP contribution in [0, 0.1) is 5.92 Å². The van der Waals surface area contributed by atoms with Crippen molar-refractivity contribution in [1.29, 1.82) is 0 Å². The van der Waals surface area contributed by atoms with Crippen molar-refractivity contribution in [3.05, 3.63) is 72.1 Å². The predicted molar refractivity (Wildman–Crippen MR) is 141 cm³/mol. The summed E-state index contributed by atoms with van der Waals surface area (Å²) in [4.78, 5) is 22.1. The van der Waals surface area contributed by atoms with E-state index in [0.29, 0.717) is 18.0 Å². The van der Waals surface area contributed by atoms with Crippen LogP contribution < -0.4 is 9.80 Å². The SMILES string of the molecule is CC1(N2CCCC2C(=O)NC(c2cccc3ccccc23)C2CC2)C(=S)[N+]23c4cccnc4C2C13. The van der Waals surface area contributed by atoms with E-state index in [0.717, 1.165) is 28.9 Å². The highest BCUT2D eigenvalue weighted by Crippen LogP contribution is 2.78. The summed E-state index contributed by atoms with van der Waals surface area (Å²) >= 11 is 6.12. The molecule has 2 aromatic carbocycles. The van der Waals surface area contributed by atoms with Gasteiger partial charge in [0.25, 0.3) is 0 Å². The fraction of sp³-hybridized carbons (Fsp3) is 0.414. The van der Waals surface area contributed by atoms with Crippen LogP contribution >= 0.6 is 12.2 Å². The Labute approximate surface area is 210 Å². The summed E-state index contributed by atoms with van der Waals surface area (Å²) in [6.07, 6.45) is 6.20. The van der Waals surface area contributed by atoms with Gasteiger partial charge in [0.05, 0.1) is 12.1 Å². The smallest absolute Gasteiger partial charge is 0.237 e. The third-order valence-electron chi connectivity index (χ3n) is 9.63. The second kappa shape index (κ2) is 6.75. The number of likely N-dealkylation sites (tertiary alicyclic amines) is 1. The number of rotatable bonds is 5. The van der Waals surface area contributed by atoms with Gasteiger partial charge in [0.2, 0.25) is 16.9 Å². The first-order chi connectivity index (χ1) is 17.1. The number of fused-ring (bicyclic) bond motifs is 4. The summed E-state index contributed by atoms with van der Waals surface area (Å²) in [6.45, 7) is 3.22. The molecule has 1 aliphatic carbocycles. The highest BCUT2D eigenvalue weighted by Gasteiger charge is 2.97. The minimum absolute atomic E-state index is 0.0740. The monoisotopic (exact) mass is 481 g/mol. The number of pyridine rings is 1. The molecule has 5 nitrogen and oxygen atoms in total. The molecule has 0 bridgehead atoms. The van der Waals surface area contributed by atoms with Crippen LogP contribution in [-0.4, -0.2) is 44.9 Å². The molecule has 1 saturated carbocycles. The molecular weight excluding hydrogens is 452 g/mol. The molecule has 1 aromatic heterocycles. The van der Waals surface area contributed by atoms with Gasteiger partial charge >= 0.3 is 0 Å². The maximum atomic E-state index is 13.9. The summed E-state index contributed by atoms with van der Waals surface area (Å²) in [5, 5.41) is 6.02. The Morgan fingerprint density at radius 1 is 1.14 bits per heavy atom. The van der Waals surface area contributed by atoms with Crippen LogP contribution in [-0.2, 0) is 4.79 Å². The van der Waals surface area contributed by atoms with E-state index in [9.17, 15) is 4.79 Å².